The smallest absolute Gasteiger partial charge is 0.338 e. The van der Waals surface area contributed by atoms with Crippen LogP contribution in [0, 0.1) is 5.82 Å². The van der Waals surface area contributed by atoms with Gasteiger partial charge in [0.1, 0.15) is 11.9 Å². The van der Waals surface area contributed by atoms with Crippen molar-refractivity contribution in [2.24, 2.45) is 0 Å². The van der Waals surface area contributed by atoms with Gasteiger partial charge in [0.05, 0.1) is 29.2 Å². The molecule has 0 bridgehead atoms. The van der Waals surface area contributed by atoms with E-state index in [1.54, 1.807) is 24.4 Å². The fourth-order valence-corrected chi connectivity index (χ4v) is 6.08. The second kappa shape index (κ2) is 10.1. The van der Waals surface area contributed by atoms with E-state index in [9.17, 15) is 27.2 Å². The van der Waals surface area contributed by atoms with Gasteiger partial charge in [-0.05, 0) is 66.9 Å². The maximum atomic E-state index is 13.5. The summed E-state index contributed by atoms with van der Waals surface area (Å²) in [6.07, 6.45) is -0.357. The number of halogens is 1. The third kappa shape index (κ3) is 5.02. The molecule has 4 rings (SSSR count). The molecule has 0 N–H and O–H groups in total. The Balaban J connectivity index is 1.67. The Bertz CT molecular complexity index is 1340. The van der Waals surface area contributed by atoms with Gasteiger partial charge in [0.15, 0.2) is 0 Å². The maximum absolute atomic E-state index is 13.5. The van der Waals surface area contributed by atoms with E-state index >= 15 is 0 Å². The van der Waals surface area contributed by atoms with E-state index < -0.39 is 39.7 Å². The number of anilines is 1. The van der Waals surface area contributed by atoms with Crippen LogP contribution in [-0.4, -0.2) is 43.2 Å². The Hall–Kier alpha value is -3.41. The molecule has 2 heterocycles. The molecule has 1 fully saturated rings. The van der Waals surface area contributed by atoms with Crippen molar-refractivity contribution < 1.29 is 31.9 Å². The number of hydrogen-bond donors (Lipinski definition) is 0. The lowest BCUT2D eigenvalue weighted by atomic mass is 10.2. The predicted molar refractivity (Wildman–Crippen MR) is 127 cm³/mol. The number of carbonyl (C=O) groups is 3. The molecule has 1 saturated heterocycles. The Morgan fingerprint density at radius 1 is 1.11 bits per heavy atom. The highest BCUT2D eigenvalue weighted by Crippen LogP contribution is 2.31. The molecule has 2 amide bonds. The van der Waals surface area contributed by atoms with Gasteiger partial charge in [0.2, 0.25) is 15.9 Å². The summed E-state index contributed by atoms with van der Waals surface area (Å²) in [7, 11) is -4.25. The van der Waals surface area contributed by atoms with Crippen molar-refractivity contribution in [2.75, 3.05) is 11.5 Å². The van der Waals surface area contributed by atoms with Crippen LogP contribution in [0.2, 0.25) is 0 Å². The number of ether oxygens (including phenoxy) is 1. The van der Waals surface area contributed by atoms with E-state index in [-0.39, 0.29) is 35.7 Å². The molecule has 0 saturated carbocycles. The number of carbonyl (C=O) groups excluding carboxylic acids is 3. The van der Waals surface area contributed by atoms with Crippen molar-refractivity contribution >= 4 is 44.8 Å². The predicted octanol–water partition coefficient (Wildman–Crippen LogP) is 3.59. The van der Waals surface area contributed by atoms with Gasteiger partial charge < -0.3 is 4.74 Å². The number of benzene rings is 2. The van der Waals surface area contributed by atoms with Crippen LogP contribution in [0.5, 0.6) is 0 Å². The minimum atomic E-state index is -4.25. The van der Waals surface area contributed by atoms with Crippen LogP contribution >= 0.6 is 11.3 Å². The number of nitrogens with zero attached hydrogens (tertiary/aromatic N) is 2. The summed E-state index contributed by atoms with van der Waals surface area (Å²) in [5, 5.41) is 1.77. The number of imide groups is 1. The van der Waals surface area contributed by atoms with Crippen molar-refractivity contribution in [3.05, 3.63) is 82.3 Å². The molecule has 3 aromatic rings. The lowest BCUT2D eigenvalue weighted by Gasteiger charge is -2.26. The Kier molecular flexibility index (Phi) is 7.10. The van der Waals surface area contributed by atoms with E-state index in [1.807, 2.05) is 0 Å². The fraction of sp³-hybridized carbons (Fsp3) is 0.208. The summed E-state index contributed by atoms with van der Waals surface area (Å²) in [6.45, 7) is 1.75. The first kappa shape index (κ1) is 24.7. The standard InChI is InChI=1S/C24H21FN2O6S2/c1-2-33-24(30)16-5-9-18(10-6-16)27-22(28)14-21(23(27)29)26(15-19-4-3-13-34-19)35(31,32)20-11-7-17(25)8-12-20/h3-13,21H,2,14-15H2,1H3. The maximum Gasteiger partial charge on any atom is 0.338 e. The Morgan fingerprint density at radius 2 is 1.80 bits per heavy atom. The first-order chi connectivity index (χ1) is 16.7. The zero-order valence-corrected chi connectivity index (χ0v) is 20.2. The van der Waals surface area contributed by atoms with Gasteiger partial charge in [-0.1, -0.05) is 6.07 Å². The fourth-order valence-electron chi connectivity index (χ4n) is 3.73. The second-order valence-electron chi connectivity index (χ2n) is 7.64. The molecule has 0 spiro atoms. The summed E-state index contributed by atoms with van der Waals surface area (Å²) < 4.78 is 46.4. The summed E-state index contributed by atoms with van der Waals surface area (Å²) in [5.74, 6) is -2.42. The highest BCUT2D eigenvalue weighted by atomic mass is 32.2. The van der Waals surface area contributed by atoms with Crippen molar-refractivity contribution in [1.82, 2.24) is 4.31 Å². The van der Waals surface area contributed by atoms with Crippen LogP contribution in [0.15, 0.2) is 70.9 Å². The van der Waals surface area contributed by atoms with E-state index in [4.69, 9.17) is 4.74 Å². The van der Waals surface area contributed by atoms with E-state index in [0.29, 0.717) is 4.88 Å². The van der Waals surface area contributed by atoms with Crippen LogP contribution in [-0.2, 0) is 30.9 Å². The van der Waals surface area contributed by atoms with Gasteiger partial charge in [-0.25, -0.2) is 22.5 Å². The SMILES string of the molecule is CCOC(=O)c1ccc(N2C(=O)CC(N(Cc3cccs3)S(=O)(=O)c3ccc(F)cc3)C2=O)cc1. The zero-order valence-electron chi connectivity index (χ0n) is 18.6. The molecule has 11 heteroatoms. The minimum Gasteiger partial charge on any atom is -0.462 e. The highest BCUT2D eigenvalue weighted by molar-refractivity contribution is 7.89. The third-order valence-corrected chi connectivity index (χ3v) is 8.15. The van der Waals surface area contributed by atoms with E-state index in [2.05, 4.69) is 0 Å². The van der Waals surface area contributed by atoms with Gasteiger partial charge in [-0.15, -0.1) is 11.3 Å². The molecule has 182 valence electrons. The average molecular weight is 517 g/mol. The summed E-state index contributed by atoms with van der Waals surface area (Å²) >= 11 is 1.31. The van der Waals surface area contributed by atoms with Crippen molar-refractivity contribution in [3.8, 4) is 0 Å². The molecule has 0 aliphatic carbocycles. The quantitative estimate of drug-likeness (QED) is 0.335. The number of hydrogen-bond acceptors (Lipinski definition) is 7. The number of rotatable bonds is 8. The molecule has 1 aliphatic heterocycles. The molecule has 8 nitrogen and oxygen atoms in total. The van der Waals surface area contributed by atoms with Crippen LogP contribution in [0.25, 0.3) is 0 Å². The Labute approximate surface area is 205 Å². The van der Waals surface area contributed by atoms with Gasteiger partial charge in [0.25, 0.3) is 5.91 Å². The number of esters is 1. The highest BCUT2D eigenvalue weighted by Gasteiger charge is 2.47. The first-order valence-electron chi connectivity index (χ1n) is 10.7. The summed E-state index contributed by atoms with van der Waals surface area (Å²) in [5.41, 5.74) is 0.468. The zero-order chi connectivity index (χ0) is 25.2. The minimum absolute atomic E-state index is 0.128. The van der Waals surface area contributed by atoms with Crippen LogP contribution in [0.1, 0.15) is 28.6 Å². The molecule has 1 aliphatic rings. The van der Waals surface area contributed by atoms with E-state index in [0.717, 1.165) is 33.5 Å². The van der Waals surface area contributed by atoms with Crippen LogP contribution < -0.4 is 4.90 Å². The van der Waals surface area contributed by atoms with Gasteiger partial charge >= 0.3 is 5.97 Å². The molecule has 1 atom stereocenters. The van der Waals surface area contributed by atoms with Gasteiger partial charge in [0, 0.05) is 11.4 Å². The normalized spacial score (nSPS) is 16.2. The summed E-state index contributed by atoms with van der Waals surface area (Å²) in [6, 6.07) is 12.2. The van der Waals surface area contributed by atoms with Gasteiger partial charge in [-0.3, -0.25) is 9.59 Å². The topological polar surface area (TPSA) is 101 Å². The number of thiophene rings is 1. The molecular formula is C24H21FN2O6S2. The lowest BCUT2D eigenvalue weighted by molar-refractivity contribution is -0.122. The van der Waals surface area contributed by atoms with Crippen LogP contribution in [0.4, 0.5) is 10.1 Å². The largest absolute Gasteiger partial charge is 0.462 e. The van der Waals surface area contributed by atoms with Crippen molar-refractivity contribution in [1.29, 1.82) is 0 Å². The molecule has 0 radical (unpaired) electrons. The van der Waals surface area contributed by atoms with Crippen LogP contribution in [0.3, 0.4) is 0 Å². The molecule has 2 aromatic carbocycles. The third-order valence-electron chi connectivity index (χ3n) is 5.42. The average Bonchev–Trinajstić information content (AvgIpc) is 3.45. The van der Waals surface area contributed by atoms with Crippen molar-refractivity contribution in [2.45, 2.75) is 30.8 Å². The summed E-state index contributed by atoms with van der Waals surface area (Å²) in [4.78, 5) is 39.6. The first-order valence-corrected chi connectivity index (χ1v) is 13.0. The number of amides is 2. The molecule has 35 heavy (non-hydrogen) atoms. The number of sulfonamides is 1. The van der Waals surface area contributed by atoms with Gasteiger partial charge in [-0.2, -0.15) is 4.31 Å². The Morgan fingerprint density at radius 3 is 2.40 bits per heavy atom. The lowest BCUT2D eigenvalue weighted by Crippen LogP contribution is -2.44. The van der Waals surface area contributed by atoms with E-state index in [1.165, 1.54) is 35.6 Å². The molecule has 1 aromatic heterocycles. The monoisotopic (exact) mass is 516 g/mol. The van der Waals surface area contributed by atoms with Crippen molar-refractivity contribution in [3.63, 3.8) is 0 Å². The second-order valence-corrected chi connectivity index (χ2v) is 10.6. The molecular weight excluding hydrogens is 495 g/mol. The molecule has 1 unspecified atom stereocenters.